The molecule has 2 aliphatic carbocycles. The molecule has 3 atom stereocenters. The third-order valence-corrected chi connectivity index (χ3v) is 5.34. The fourth-order valence-corrected chi connectivity index (χ4v) is 4.17. The van der Waals surface area contributed by atoms with E-state index in [-0.39, 0.29) is 17.5 Å². The van der Waals surface area contributed by atoms with E-state index in [9.17, 15) is 9.59 Å². The second kappa shape index (κ2) is 5.41. The number of nitrogens with one attached hydrogen (secondary N) is 3. The first-order chi connectivity index (χ1) is 11.1. The van der Waals surface area contributed by atoms with E-state index in [4.69, 9.17) is 0 Å². The number of H-pyrrole nitrogens is 1. The summed E-state index contributed by atoms with van der Waals surface area (Å²) in [5.41, 5.74) is 1.94. The normalized spacial score (nSPS) is 25.7. The van der Waals surface area contributed by atoms with Gasteiger partial charge in [0.1, 0.15) is 5.69 Å². The highest BCUT2D eigenvalue weighted by atomic mass is 16.2. The number of carbonyl (C=O) groups is 1. The van der Waals surface area contributed by atoms with E-state index in [1.165, 1.54) is 19.3 Å². The van der Waals surface area contributed by atoms with Gasteiger partial charge in [0.15, 0.2) is 0 Å². The summed E-state index contributed by atoms with van der Waals surface area (Å²) in [4.78, 5) is 27.8. The Kier molecular flexibility index (Phi) is 3.36. The largest absolute Gasteiger partial charge is 0.359 e. The fraction of sp³-hybridized carbons (Fsp3) is 0.444. The first-order valence-corrected chi connectivity index (χ1v) is 8.30. The summed E-state index contributed by atoms with van der Waals surface area (Å²) in [6.07, 6.45) is 6.39. The number of aromatic amines is 1. The van der Waals surface area contributed by atoms with E-state index in [2.05, 4.69) is 15.6 Å². The number of anilines is 1. The zero-order valence-electron chi connectivity index (χ0n) is 13.2. The van der Waals surface area contributed by atoms with Gasteiger partial charge in [-0.2, -0.15) is 0 Å². The Hall–Kier alpha value is -2.30. The Balaban J connectivity index is 1.52. The van der Waals surface area contributed by atoms with Gasteiger partial charge in [0.05, 0.1) is 0 Å². The number of rotatable bonds is 2. The first-order valence-electron chi connectivity index (χ1n) is 8.30. The molecule has 2 aromatic rings. The molecular weight excluding hydrogens is 290 g/mol. The molecule has 2 aliphatic rings. The van der Waals surface area contributed by atoms with Crippen LogP contribution in [-0.2, 0) is 0 Å². The van der Waals surface area contributed by atoms with Crippen molar-refractivity contribution >= 4 is 22.6 Å². The highest BCUT2D eigenvalue weighted by Crippen LogP contribution is 2.44. The van der Waals surface area contributed by atoms with Crippen molar-refractivity contribution < 1.29 is 4.79 Å². The van der Waals surface area contributed by atoms with Crippen molar-refractivity contribution in [3.05, 3.63) is 40.2 Å². The van der Waals surface area contributed by atoms with Gasteiger partial charge in [-0.25, -0.2) is 4.79 Å². The van der Waals surface area contributed by atoms with Crippen LogP contribution in [0.2, 0.25) is 0 Å². The van der Waals surface area contributed by atoms with Crippen LogP contribution >= 0.6 is 0 Å². The van der Waals surface area contributed by atoms with Gasteiger partial charge in [-0.05, 0) is 50.2 Å². The van der Waals surface area contributed by atoms with Gasteiger partial charge in [-0.15, -0.1) is 0 Å². The van der Waals surface area contributed by atoms with Gasteiger partial charge < -0.3 is 15.6 Å². The molecule has 3 N–H and O–H groups in total. The summed E-state index contributed by atoms with van der Waals surface area (Å²) < 4.78 is 0. The minimum Gasteiger partial charge on any atom is -0.359 e. The van der Waals surface area contributed by atoms with Crippen molar-refractivity contribution in [2.75, 3.05) is 5.32 Å². The Labute approximate surface area is 134 Å². The molecule has 0 radical (unpaired) electrons. The fourth-order valence-electron chi connectivity index (χ4n) is 4.17. The summed E-state index contributed by atoms with van der Waals surface area (Å²) in [5.74, 6) is 1.39. The monoisotopic (exact) mass is 311 g/mol. The smallest absolute Gasteiger partial charge is 0.319 e. The number of aryl methyl sites for hydroxylation is 1. The minimum absolute atomic E-state index is 0.148. The third kappa shape index (κ3) is 2.60. The summed E-state index contributed by atoms with van der Waals surface area (Å²) in [6.45, 7) is 1.95. The van der Waals surface area contributed by atoms with Crippen LogP contribution in [0, 0.1) is 18.8 Å². The molecule has 1 heterocycles. The molecule has 4 rings (SSSR count). The summed E-state index contributed by atoms with van der Waals surface area (Å²) >= 11 is 0. The van der Waals surface area contributed by atoms with Crippen molar-refractivity contribution in [3.8, 4) is 0 Å². The lowest BCUT2D eigenvalue weighted by Crippen LogP contribution is -2.41. The molecule has 1 aromatic heterocycles. The molecular formula is C18H21N3O2. The molecule has 0 aliphatic heterocycles. The number of carbonyl (C=O) groups excluding carboxylic acids is 1. The Bertz CT molecular complexity index is 827. The number of benzene rings is 1. The van der Waals surface area contributed by atoms with Crippen molar-refractivity contribution in [1.82, 2.24) is 10.3 Å². The van der Waals surface area contributed by atoms with Gasteiger partial charge in [-0.1, -0.05) is 18.1 Å². The number of fused-ring (bicyclic) bond motifs is 3. The van der Waals surface area contributed by atoms with Crippen molar-refractivity contribution in [1.29, 1.82) is 0 Å². The molecule has 2 amide bonds. The second-order valence-electron chi connectivity index (χ2n) is 6.96. The van der Waals surface area contributed by atoms with Crippen molar-refractivity contribution in [2.24, 2.45) is 11.8 Å². The second-order valence-corrected chi connectivity index (χ2v) is 6.96. The van der Waals surface area contributed by atoms with E-state index in [1.807, 2.05) is 25.1 Å². The van der Waals surface area contributed by atoms with Crippen LogP contribution in [0.4, 0.5) is 10.5 Å². The molecule has 5 heteroatoms. The van der Waals surface area contributed by atoms with Gasteiger partial charge in [0, 0.05) is 23.1 Å². The van der Waals surface area contributed by atoms with Gasteiger partial charge in [0.25, 0.3) is 0 Å². The van der Waals surface area contributed by atoms with E-state index in [1.54, 1.807) is 6.20 Å². The molecule has 1 aromatic carbocycles. The first kappa shape index (κ1) is 14.3. The molecule has 0 spiro atoms. The lowest BCUT2D eigenvalue weighted by Gasteiger charge is -2.22. The summed E-state index contributed by atoms with van der Waals surface area (Å²) in [6, 6.07) is 5.65. The van der Waals surface area contributed by atoms with E-state index in [0.717, 1.165) is 23.4 Å². The average Bonchev–Trinajstić information content (AvgIpc) is 3.13. The van der Waals surface area contributed by atoms with Crippen LogP contribution in [0.15, 0.2) is 29.2 Å². The van der Waals surface area contributed by atoms with Crippen LogP contribution in [0.5, 0.6) is 0 Å². The standard InChI is InChI=1S/C18H21N3O2/c1-10-2-5-14-13(6-10)17(22)16(9-19-14)21-18(23)20-15-8-11-3-4-12(15)7-11/h2,5-6,9,11-12,15H,3-4,7-8H2,1H3,(H,19,22)(H2,20,21,23)/t11-,12-,15+/m0/s1. The zero-order valence-corrected chi connectivity index (χ0v) is 13.2. The number of amides is 2. The predicted molar refractivity (Wildman–Crippen MR) is 90.7 cm³/mol. The molecule has 120 valence electrons. The minimum atomic E-state index is -0.278. The van der Waals surface area contributed by atoms with Crippen LogP contribution in [0.1, 0.15) is 31.2 Å². The predicted octanol–water partition coefficient (Wildman–Crippen LogP) is 3.15. The maximum absolute atomic E-state index is 12.5. The average molecular weight is 311 g/mol. The third-order valence-electron chi connectivity index (χ3n) is 5.34. The number of hydrogen-bond donors (Lipinski definition) is 3. The number of urea groups is 1. The maximum Gasteiger partial charge on any atom is 0.319 e. The van der Waals surface area contributed by atoms with E-state index < -0.39 is 0 Å². The molecule has 2 bridgehead atoms. The molecule has 5 nitrogen and oxygen atoms in total. The summed E-state index contributed by atoms with van der Waals surface area (Å²) in [7, 11) is 0. The number of hydrogen-bond acceptors (Lipinski definition) is 2. The maximum atomic E-state index is 12.5. The number of pyridine rings is 1. The highest BCUT2D eigenvalue weighted by molar-refractivity contribution is 5.92. The molecule has 0 unspecified atom stereocenters. The molecule has 2 fully saturated rings. The van der Waals surface area contributed by atoms with Crippen molar-refractivity contribution in [3.63, 3.8) is 0 Å². The molecule has 0 saturated heterocycles. The van der Waals surface area contributed by atoms with E-state index >= 15 is 0 Å². The Morgan fingerprint density at radius 2 is 2.13 bits per heavy atom. The van der Waals surface area contributed by atoms with Crippen molar-refractivity contribution in [2.45, 2.75) is 38.6 Å². The lowest BCUT2D eigenvalue weighted by molar-refractivity contribution is 0.242. The van der Waals surface area contributed by atoms with Gasteiger partial charge in [0.2, 0.25) is 5.43 Å². The highest BCUT2D eigenvalue weighted by Gasteiger charge is 2.40. The lowest BCUT2D eigenvalue weighted by atomic mass is 9.95. The van der Waals surface area contributed by atoms with Crippen LogP contribution < -0.4 is 16.1 Å². The van der Waals surface area contributed by atoms with Gasteiger partial charge >= 0.3 is 6.03 Å². The van der Waals surface area contributed by atoms with Gasteiger partial charge in [-0.3, -0.25) is 4.79 Å². The molecule has 23 heavy (non-hydrogen) atoms. The quantitative estimate of drug-likeness (QED) is 0.797. The number of aromatic nitrogens is 1. The van der Waals surface area contributed by atoms with Crippen LogP contribution in [0.25, 0.3) is 10.9 Å². The van der Waals surface area contributed by atoms with Crippen LogP contribution in [-0.4, -0.2) is 17.1 Å². The Morgan fingerprint density at radius 3 is 2.87 bits per heavy atom. The SMILES string of the molecule is Cc1ccc2[nH]cc(NC(=O)N[C@@H]3C[C@H]4CC[C@H]3C4)c(=O)c2c1. The van der Waals surface area contributed by atoms with E-state index in [0.29, 0.717) is 17.0 Å². The zero-order chi connectivity index (χ0) is 16.0. The summed E-state index contributed by atoms with van der Waals surface area (Å²) in [5, 5.41) is 6.36. The Morgan fingerprint density at radius 1 is 1.26 bits per heavy atom. The topological polar surface area (TPSA) is 74.0 Å². The van der Waals surface area contributed by atoms with Crippen LogP contribution in [0.3, 0.4) is 0 Å². The molecule has 2 saturated carbocycles.